The highest BCUT2D eigenvalue weighted by Gasteiger charge is 2.39. The lowest BCUT2D eigenvalue weighted by molar-refractivity contribution is -0.137. The lowest BCUT2D eigenvalue weighted by Crippen LogP contribution is -2.34. The number of thioether (sulfide) groups is 1. The predicted molar refractivity (Wildman–Crippen MR) is 51.4 cm³/mol. The van der Waals surface area contributed by atoms with E-state index in [9.17, 15) is 18.3 Å². The molecule has 0 aromatic carbocycles. The molecule has 0 bridgehead atoms. The molecule has 1 aliphatic heterocycles. The van der Waals surface area contributed by atoms with Crippen molar-refractivity contribution >= 4 is 11.8 Å². The van der Waals surface area contributed by atoms with Crippen LogP contribution in [0, 0.1) is 0 Å². The van der Waals surface area contributed by atoms with E-state index in [-0.39, 0.29) is 18.1 Å². The summed E-state index contributed by atoms with van der Waals surface area (Å²) in [6.45, 7) is 1.88. The van der Waals surface area contributed by atoms with Crippen molar-refractivity contribution in [2.24, 2.45) is 0 Å². The maximum atomic E-state index is 11.9. The van der Waals surface area contributed by atoms with Gasteiger partial charge in [-0.2, -0.15) is 24.9 Å². The number of halogens is 3. The Bertz CT molecular complexity index is 195. The van der Waals surface area contributed by atoms with Gasteiger partial charge in [0.1, 0.15) is 0 Å². The summed E-state index contributed by atoms with van der Waals surface area (Å²) in [7, 11) is 0. The minimum atomic E-state index is -4.09. The average Bonchev–Trinajstić information content (AvgIpc) is 2.30. The summed E-state index contributed by atoms with van der Waals surface area (Å²) in [4.78, 5) is 0. The first-order valence-electron chi connectivity index (χ1n) is 4.74. The SMILES string of the molecule is CC1SCCC1(O)CCCC(F)(F)F. The Kier molecular flexibility index (Phi) is 3.75. The largest absolute Gasteiger partial charge is 0.389 e. The van der Waals surface area contributed by atoms with Crippen LogP contribution in [-0.4, -0.2) is 27.9 Å². The van der Waals surface area contributed by atoms with Gasteiger partial charge in [0.25, 0.3) is 0 Å². The summed E-state index contributed by atoms with van der Waals surface area (Å²) in [6, 6.07) is 0. The number of alkyl halides is 3. The second-order valence-electron chi connectivity index (χ2n) is 3.84. The molecule has 1 aliphatic rings. The predicted octanol–water partition coefficient (Wildman–Crippen LogP) is 2.98. The number of rotatable bonds is 3. The number of aliphatic hydroxyl groups is 1. The van der Waals surface area contributed by atoms with Crippen LogP contribution in [0.2, 0.25) is 0 Å². The average molecular weight is 228 g/mol. The van der Waals surface area contributed by atoms with Gasteiger partial charge in [-0.3, -0.25) is 0 Å². The van der Waals surface area contributed by atoms with E-state index in [2.05, 4.69) is 0 Å². The minimum Gasteiger partial charge on any atom is -0.389 e. The van der Waals surface area contributed by atoms with Crippen molar-refractivity contribution in [3.63, 3.8) is 0 Å². The molecule has 0 amide bonds. The van der Waals surface area contributed by atoms with E-state index in [0.717, 1.165) is 5.75 Å². The number of hydrogen-bond donors (Lipinski definition) is 1. The van der Waals surface area contributed by atoms with Gasteiger partial charge in [-0.25, -0.2) is 0 Å². The molecule has 0 spiro atoms. The molecule has 0 aromatic rings. The third kappa shape index (κ3) is 3.35. The van der Waals surface area contributed by atoms with Gasteiger partial charge in [0.05, 0.1) is 5.60 Å². The van der Waals surface area contributed by atoms with E-state index in [0.29, 0.717) is 6.42 Å². The standard InChI is InChI=1S/C9H15F3OS/c1-7-8(13,5-6-14-7)3-2-4-9(10,11)12/h7,13H,2-6H2,1H3. The maximum absolute atomic E-state index is 11.9. The fourth-order valence-electron chi connectivity index (χ4n) is 1.69. The molecule has 0 aliphatic carbocycles. The molecule has 5 heteroatoms. The summed E-state index contributed by atoms with van der Waals surface area (Å²) in [5, 5.41) is 10.0. The zero-order valence-electron chi connectivity index (χ0n) is 8.10. The van der Waals surface area contributed by atoms with Crippen molar-refractivity contribution < 1.29 is 18.3 Å². The van der Waals surface area contributed by atoms with E-state index in [1.165, 1.54) is 0 Å². The molecule has 1 rings (SSSR count). The highest BCUT2D eigenvalue weighted by molar-refractivity contribution is 8.00. The molecule has 1 saturated heterocycles. The van der Waals surface area contributed by atoms with Crippen LogP contribution in [0.15, 0.2) is 0 Å². The third-order valence-electron chi connectivity index (χ3n) is 2.73. The van der Waals surface area contributed by atoms with Crippen molar-refractivity contribution in [2.45, 2.75) is 49.6 Å². The Morgan fingerprint density at radius 1 is 1.50 bits per heavy atom. The molecule has 84 valence electrons. The van der Waals surface area contributed by atoms with Crippen LogP contribution >= 0.6 is 11.8 Å². The molecular weight excluding hydrogens is 213 g/mol. The minimum absolute atomic E-state index is 0.0326. The monoisotopic (exact) mass is 228 g/mol. The molecule has 14 heavy (non-hydrogen) atoms. The van der Waals surface area contributed by atoms with Gasteiger partial charge in [0.2, 0.25) is 0 Å². The van der Waals surface area contributed by atoms with Gasteiger partial charge in [-0.05, 0) is 25.0 Å². The molecule has 0 radical (unpaired) electrons. The zero-order valence-corrected chi connectivity index (χ0v) is 8.92. The smallest absolute Gasteiger partial charge is 0.389 e. The summed E-state index contributed by atoms with van der Waals surface area (Å²) < 4.78 is 35.6. The van der Waals surface area contributed by atoms with Crippen LogP contribution in [0.3, 0.4) is 0 Å². The van der Waals surface area contributed by atoms with Crippen LogP contribution in [0.5, 0.6) is 0 Å². The van der Waals surface area contributed by atoms with Crippen LogP contribution in [0.25, 0.3) is 0 Å². The first kappa shape index (κ1) is 12.2. The lowest BCUT2D eigenvalue weighted by atomic mass is 9.91. The fourth-order valence-corrected chi connectivity index (χ4v) is 3.06. The highest BCUT2D eigenvalue weighted by atomic mass is 32.2. The second-order valence-corrected chi connectivity index (χ2v) is 5.28. The van der Waals surface area contributed by atoms with E-state index in [1.807, 2.05) is 6.92 Å². The quantitative estimate of drug-likeness (QED) is 0.801. The van der Waals surface area contributed by atoms with Gasteiger partial charge in [0, 0.05) is 11.7 Å². The van der Waals surface area contributed by atoms with Gasteiger partial charge in [-0.15, -0.1) is 0 Å². The van der Waals surface area contributed by atoms with E-state index < -0.39 is 18.2 Å². The van der Waals surface area contributed by atoms with Gasteiger partial charge < -0.3 is 5.11 Å². The van der Waals surface area contributed by atoms with Crippen LogP contribution in [0.1, 0.15) is 32.6 Å². The first-order valence-corrected chi connectivity index (χ1v) is 5.79. The highest BCUT2D eigenvalue weighted by Crippen LogP contribution is 2.39. The second kappa shape index (κ2) is 4.31. The van der Waals surface area contributed by atoms with Crippen LogP contribution in [0.4, 0.5) is 13.2 Å². The molecule has 1 nitrogen and oxygen atoms in total. The Morgan fingerprint density at radius 3 is 2.57 bits per heavy atom. The Balaban J connectivity index is 2.30. The van der Waals surface area contributed by atoms with E-state index in [1.54, 1.807) is 11.8 Å². The maximum Gasteiger partial charge on any atom is 0.389 e. The van der Waals surface area contributed by atoms with Gasteiger partial charge in [0.15, 0.2) is 0 Å². The molecule has 1 N–H and O–H groups in total. The molecular formula is C9H15F3OS. The topological polar surface area (TPSA) is 20.2 Å². The Morgan fingerprint density at radius 2 is 2.14 bits per heavy atom. The van der Waals surface area contributed by atoms with Crippen LogP contribution in [-0.2, 0) is 0 Å². The normalized spacial score (nSPS) is 33.6. The summed E-state index contributed by atoms with van der Waals surface area (Å²) >= 11 is 1.63. The van der Waals surface area contributed by atoms with E-state index in [4.69, 9.17) is 0 Å². The zero-order chi connectivity index (χ0) is 10.8. The van der Waals surface area contributed by atoms with Crippen molar-refractivity contribution in [3.8, 4) is 0 Å². The summed E-state index contributed by atoms with van der Waals surface area (Å²) in [5.74, 6) is 0.851. The summed E-state index contributed by atoms with van der Waals surface area (Å²) in [5.41, 5.74) is -0.865. The fraction of sp³-hybridized carbons (Fsp3) is 1.00. The first-order chi connectivity index (χ1) is 6.33. The third-order valence-corrected chi connectivity index (χ3v) is 4.11. The molecule has 2 unspecified atom stereocenters. The summed E-state index contributed by atoms with van der Waals surface area (Å²) in [6.07, 6.45) is -3.96. The van der Waals surface area contributed by atoms with Gasteiger partial charge in [-0.1, -0.05) is 6.92 Å². The van der Waals surface area contributed by atoms with E-state index >= 15 is 0 Å². The molecule has 0 saturated carbocycles. The van der Waals surface area contributed by atoms with Gasteiger partial charge >= 0.3 is 6.18 Å². The van der Waals surface area contributed by atoms with Crippen molar-refractivity contribution in [1.82, 2.24) is 0 Å². The van der Waals surface area contributed by atoms with Crippen LogP contribution < -0.4 is 0 Å². The Labute approximate surface area is 86.1 Å². The number of hydrogen-bond acceptors (Lipinski definition) is 2. The van der Waals surface area contributed by atoms with Crippen molar-refractivity contribution in [2.75, 3.05) is 5.75 Å². The Hall–Kier alpha value is 0.100. The van der Waals surface area contributed by atoms with Crippen molar-refractivity contribution in [3.05, 3.63) is 0 Å². The molecule has 1 heterocycles. The molecule has 1 fully saturated rings. The van der Waals surface area contributed by atoms with Crippen molar-refractivity contribution in [1.29, 1.82) is 0 Å². The molecule has 2 atom stereocenters. The lowest BCUT2D eigenvalue weighted by Gasteiger charge is -2.26. The molecule has 0 aromatic heterocycles.